The maximum absolute atomic E-state index is 12.7. The maximum atomic E-state index is 12.7. The lowest BCUT2D eigenvalue weighted by atomic mass is 9.48. The van der Waals surface area contributed by atoms with E-state index in [2.05, 4.69) is 17.4 Å². The molecule has 4 fully saturated rings. The van der Waals surface area contributed by atoms with Gasteiger partial charge >= 0.3 is 0 Å². The molecule has 0 radical (unpaired) electrons. The first-order valence-corrected chi connectivity index (χ1v) is 14.0. The third kappa shape index (κ3) is 4.52. The molecule has 4 saturated carbocycles. The number of nitrogens with zero attached hydrogens (tertiary/aromatic N) is 1. The van der Waals surface area contributed by atoms with E-state index in [0.717, 1.165) is 29.6 Å². The van der Waals surface area contributed by atoms with Crippen molar-refractivity contribution in [3.8, 4) is 0 Å². The highest BCUT2D eigenvalue weighted by Gasteiger charge is 2.51. The monoisotopic (exact) mass is 486 g/mol. The van der Waals surface area contributed by atoms with E-state index in [1.54, 1.807) is 12.1 Å². The van der Waals surface area contributed by atoms with Gasteiger partial charge in [-0.1, -0.05) is 29.8 Å². The fourth-order valence-electron chi connectivity index (χ4n) is 6.89. The van der Waals surface area contributed by atoms with Crippen LogP contribution in [0.1, 0.15) is 49.7 Å². The van der Waals surface area contributed by atoms with Crippen LogP contribution in [0, 0.1) is 24.7 Å². The van der Waals surface area contributed by atoms with Gasteiger partial charge in [0.2, 0.25) is 15.9 Å². The summed E-state index contributed by atoms with van der Waals surface area (Å²) in [7, 11) is -3.63. The number of carbonyl (C=O) groups is 1. The van der Waals surface area contributed by atoms with Gasteiger partial charge in [-0.2, -0.15) is 0 Å². The number of hydrogen-bond donors (Lipinski definition) is 1. The molecule has 0 saturated heterocycles. The van der Waals surface area contributed by atoms with Gasteiger partial charge in [0.1, 0.15) is 6.54 Å². The summed E-state index contributed by atoms with van der Waals surface area (Å²) < 4.78 is 26.3. The lowest BCUT2D eigenvalue weighted by Crippen LogP contribution is -2.48. The van der Waals surface area contributed by atoms with E-state index in [1.165, 1.54) is 48.4 Å². The van der Waals surface area contributed by atoms with Crippen molar-refractivity contribution in [3.05, 3.63) is 58.6 Å². The fraction of sp³-hybridized carbons (Fsp3) is 0.500. The maximum Gasteiger partial charge on any atom is 0.245 e. The van der Waals surface area contributed by atoms with Crippen molar-refractivity contribution in [3.63, 3.8) is 0 Å². The van der Waals surface area contributed by atoms with Crippen LogP contribution >= 0.6 is 11.6 Å². The number of amides is 1. The third-order valence-corrected chi connectivity index (χ3v) is 9.34. The number of benzene rings is 2. The first-order valence-electron chi connectivity index (χ1n) is 11.8. The minimum atomic E-state index is -3.63. The minimum Gasteiger partial charge on any atom is -0.324 e. The topological polar surface area (TPSA) is 66.5 Å². The Hall–Kier alpha value is -2.05. The average molecular weight is 487 g/mol. The Bertz CT molecular complexity index is 1140. The lowest BCUT2D eigenvalue weighted by Gasteiger charge is -2.57. The Labute approximate surface area is 201 Å². The predicted octanol–water partition coefficient (Wildman–Crippen LogP) is 5.52. The number of halogens is 1. The average Bonchev–Trinajstić information content (AvgIpc) is 2.73. The molecule has 4 bridgehead atoms. The molecule has 1 N–H and O–H groups in total. The summed E-state index contributed by atoms with van der Waals surface area (Å²) in [6.07, 6.45) is 9.08. The third-order valence-electron chi connectivity index (χ3n) is 7.97. The molecule has 7 heteroatoms. The van der Waals surface area contributed by atoms with Gasteiger partial charge in [-0.25, -0.2) is 8.42 Å². The van der Waals surface area contributed by atoms with Gasteiger partial charge < -0.3 is 5.32 Å². The summed E-state index contributed by atoms with van der Waals surface area (Å²) >= 11 is 6.04. The SMILES string of the molecule is Cc1ccc(Cl)cc1NC(=O)CN(c1ccc(C23CC4CC(CC(C4)C2)C3)cc1)S(C)(=O)=O. The van der Waals surface area contributed by atoms with Gasteiger partial charge in [-0.3, -0.25) is 9.10 Å². The number of aryl methyl sites for hydroxylation is 1. The normalized spacial score (nSPS) is 28.0. The molecule has 5 nitrogen and oxygen atoms in total. The second-order valence-corrected chi connectivity index (χ2v) is 12.9. The Morgan fingerprint density at radius 2 is 1.61 bits per heavy atom. The summed E-state index contributed by atoms with van der Waals surface area (Å²) in [6, 6.07) is 13.2. The van der Waals surface area contributed by atoms with Gasteiger partial charge in [0.25, 0.3) is 0 Å². The smallest absolute Gasteiger partial charge is 0.245 e. The van der Waals surface area contributed by atoms with E-state index in [9.17, 15) is 13.2 Å². The van der Waals surface area contributed by atoms with Crippen LogP contribution in [0.25, 0.3) is 0 Å². The van der Waals surface area contributed by atoms with E-state index in [4.69, 9.17) is 11.6 Å². The Morgan fingerprint density at radius 1 is 1.03 bits per heavy atom. The molecular formula is C26H31ClN2O3S. The number of hydrogen-bond acceptors (Lipinski definition) is 3. The molecule has 0 heterocycles. The first kappa shape index (κ1) is 22.7. The van der Waals surface area contributed by atoms with Crippen LogP contribution in [-0.2, 0) is 20.2 Å². The van der Waals surface area contributed by atoms with Gasteiger partial charge in [-0.05, 0) is 104 Å². The van der Waals surface area contributed by atoms with Crippen molar-refractivity contribution in [1.82, 2.24) is 0 Å². The molecule has 0 aliphatic heterocycles. The molecule has 0 aromatic heterocycles. The summed E-state index contributed by atoms with van der Waals surface area (Å²) in [4.78, 5) is 12.7. The highest BCUT2D eigenvalue weighted by molar-refractivity contribution is 7.92. The zero-order valence-corrected chi connectivity index (χ0v) is 20.8. The molecule has 1 amide bonds. The molecule has 4 aliphatic rings. The number of sulfonamides is 1. The molecule has 4 aliphatic carbocycles. The van der Waals surface area contributed by atoms with Crippen molar-refractivity contribution in [2.75, 3.05) is 22.4 Å². The van der Waals surface area contributed by atoms with Gasteiger partial charge in [0, 0.05) is 10.7 Å². The Kier molecular flexibility index (Phi) is 5.73. The van der Waals surface area contributed by atoms with E-state index in [0.29, 0.717) is 16.4 Å². The summed E-state index contributed by atoms with van der Waals surface area (Å²) in [6.45, 7) is 1.57. The van der Waals surface area contributed by atoms with Crippen molar-refractivity contribution in [2.24, 2.45) is 17.8 Å². The van der Waals surface area contributed by atoms with Crippen LogP contribution < -0.4 is 9.62 Å². The number of rotatable bonds is 6. The predicted molar refractivity (Wildman–Crippen MR) is 133 cm³/mol. The van der Waals surface area contributed by atoms with E-state index in [1.807, 2.05) is 25.1 Å². The van der Waals surface area contributed by atoms with Crippen LogP contribution in [0.3, 0.4) is 0 Å². The van der Waals surface area contributed by atoms with Crippen molar-refractivity contribution in [2.45, 2.75) is 50.9 Å². The second-order valence-electron chi connectivity index (χ2n) is 10.5. The standard InChI is InChI=1S/C26H31ClN2O3S/c1-17-3-6-22(27)12-24(17)28-25(30)16-29(33(2,31)32)23-7-4-21(5-8-23)26-13-18-9-19(14-26)11-20(10-18)15-26/h3-8,12,18-20H,9-11,13-16H2,1-2H3,(H,28,30). The van der Waals surface area contributed by atoms with E-state index < -0.39 is 15.9 Å². The highest BCUT2D eigenvalue weighted by Crippen LogP contribution is 2.60. The quantitative estimate of drug-likeness (QED) is 0.584. The molecule has 2 aromatic rings. The first-order chi connectivity index (χ1) is 15.6. The minimum absolute atomic E-state index is 0.255. The molecule has 176 valence electrons. The lowest BCUT2D eigenvalue weighted by molar-refractivity contribution is -0.114. The molecule has 6 rings (SSSR count). The molecule has 0 spiro atoms. The summed E-state index contributed by atoms with van der Waals surface area (Å²) in [5.41, 5.74) is 3.54. The van der Waals surface area contributed by atoms with Crippen molar-refractivity contribution >= 4 is 38.9 Å². The van der Waals surface area contributed by atoms with Crippen molar-refractivity contribution in [1.29, 1.82) is 0 Å². The zero-order chi connectivity index (χ0) is 23.4. The highest BCUT2D eigenvalue weighted by atomic mass is 35.5. The molecule has 2 aromatic carbocycles. The Morgan fingerprint density at radius 3 is 2.15 bits per heavy atom. The van der Waals surface area contributed by atoms with Gasteiger partial charge in [0.15, 0.2) is 0 Å². The molecule has 0 atom stereocenters. The number of anilines is 2. The number of nitrogens with one attached hydrogen (secondary N) is 1. The van der Waals surface area contributed by atoms with Crippen molar-refractivity contribution < 1.29 is 13.2 Å². The second kappa shape index (κ2) is 8.31. The van der Waals surface area contributed by atoms with Gasteiger partial charge in [0.05, 0.1) is 11.9 Å². The van der Waals surface area contributed by atoms with Crippen LogP contribution in [0.5, 0.6) is 0 Å². The number of carbonyl (C=O) groups excluding carboxylic acids is 1. The van der Waals surface area contributed by atoms with Crippen LogP contribution in [-0.4, -0.2) is 27.1 Å². The summed E-state index contributed by atoms with van der Waals surface area (Å²) in [5, 5.41) is 3.30. The van der Waals surface area contributed by atoms with Crippen LogP contribution in [0.4, 0.5) is 11.4 Å². The van der Waals surface area contributed by atoms with Crippen LogP contribution in [0.2, 0.25) is 5.02 Å². The van der Waals surface area contributed by atoms with Crippen LogP contribution in [0.15, 0.2) is 42.5 Å². The molecule has 33 heavy (non-hydrogen) atoms. The van der Waals surface area contributed by atoms with E-state index in [-0.39, 0.29) is 12.0 Å². The Balaban J connectivity index is 1.35. The molecular weight excluding hydrogens is 456 g/mol. The molecule has 0 unspecified atom stereocenters. The zero-order valence-electron chi connectivity index (χ0n) is 19.2. The fourth-order valence-corrected chi connectivity index (χ4v) is 7.92. The van der Waals surface area contributed by atoms with E-state index >= 15 is 0 Å². The summed E-state index contributed by atoms with van der Waals surface area (Å²) in [5.74, 6) is 2.14. The largest absolute Gasteiger partial charge is 0.324 e. The van der Waals surface area contributed by atoms with Gasteiger partial charge in [-0.15, -0.1) is 0 Å².